The predicted octanol–water partition coefficient (Wildman–Crippen LogP) is 1.69. The monoisotopic (exact) mass is 175 g/mol. The highest BCUT2D eigenvalue weighted by Gasteiger charge is 2.43. The Balaban J connectivity index is 2.21. The van der Waals surface area contributed by atoms with E-state index in [0.29, 0.717) is 17.6 Å². The van der Waals surface area contributed by atoms with Gasteiger partial charge in [0.05, 0.1) is 0 Å². The van der Waals surface area contributed by atoms with Crippen molar-refractivity contribution in [3.63, 3.8) is 0 Å². The molecule has 2 aliphatic rings. The molecule has 1 aromatic carbocycles. The first-order valence-corrected chi connectivity index (χ1v) is 4.84. The highest BCUT2D eigenvalue weighted by atomic mass is 16.3. The zero-order valence-corrected chi connectivity index (χ0v) is 7.40. The molecule has 2 unspecified atom stereocenters. The number of hydrogen-bond donors (Lipinski definition) is 2. The van der Waals surface area contributed by atoms with E-state index in [-0.39, 0.29) is 6.04 Å². The van der Waals surface area contributed by atoms with E-state index in [2.05, 4.69) is 6.07 Å². The number of benzene rings is 1. The number of fused-ring (bicyclic) bond motifs is 5. The molecule has 3 atom stereocenters. The second kappa shape index (κ2) is 2.26. The van der Waals surface area contributed by atoms with Gasteiger partial charge in [0.2, 0.25) is 0 Å². The Bertz CT molecular complexity index is 361. The lowest BCUT2D eigenvalue weighted by atomic mass is 9.88. The van der Waals surface area contributed by atoms with Gasteiger partial charge in [-0.15, -0.1) is 0 Å². The molecule has 3 rings (SSSR count). The summed E-state index contributed by atoms with van der Waals surface area (Å²) in [5.74, 6) is 1.48. The number of phenolic OH excluding ortho intramolecular Hbond substituents is 1. The van der Waals surface area contributed by atoms with Crippen molar-refractivity contribution in [2.75, 3.05) is 0 Å². The normalized spacial score (nSPS) is 35.0. The molecule has 1 aromatic rings. The maximum atomic E-state index is 9.72. The quantitative estimate of drug-likeness (QED) is 0.630. The zero-order valence-electron chi connectivity index (χ0n) is 7.40. The number of phenols is 1. The van der Waals surface area contributed by atoms with Crippen LogP contribution in [0.1, 0.15) is 35.8 Å². The Morgan fingerprint density at radius 2 is 2.15 bits per heavy atom. The molecule has 2 bridgehead atoms. The van der Waals surface area contributed by atoms with E-state index in [1.165, 1.54) is 5.56 Å². The Morgan fingerprint density at radius 1 is 1.31 bits per heavy atom. The third-order valence-corrected chi connectivity index (χ3v) is 3.54. The molecule has 3 N–H and O–H groups in total. The fourth-order valence-electron chi connectivity index (χ4n) is 2.99. The van der Waals surface area contributed by atoms with Crippen molar-refractivity contribution in [1.82, 2.24) is 0 Å². The molecule has 0 heterocycles. The Morgan fingerprint density at radius 3 is 3.00 bits per heavy atom. The molecule has 68 valence electrons. The van der Waals surface area contributed by atoms with Crippen molar-refractivity contribution in [3.05, 3.63) is 29.3 Å². The second-order valence-corrected chi connectivity index (χ2v) is 4.22. The third kappa shape index (κ3) is 0.814. The first kappa shape index (κ1) is 7.39. The van der Waals surface area contributed by atoms with Crippen LogP contribution in [0.2, 0.25) is 0 Å². The lowest BCUT2D eigenvalue weighted by molar-refractivity contribution is 0.455. The minimum atomic E-state index is 0.269. The molecule has 0 spiro atoms. The highest BCUT2D eigenvalue weighted by Crippen LogP contribution is 2.54. The summed E-state index contributed by atoms with van der Waals surface area (Å²) in [5.41, 5.74) is 8.46. The number of aromatic hydroxyl groups is 1. The summed E-state index contributed by atoms with van der Waals surface area (Å²) in [6, 6.07) is 6.10. The molecule has 1 saturated carbocycles. The van der Waals surface area contributed by atoms with Gasteiger partial charge in [-0.2, -0.15) is 0 Å². The Hall–Kier alpha value is -1.02. The zero-order chi connectivity index (χ0) is 9.00. The lowest BCUT2D eigenvalue weighted by Crippen LogP contribution is -2.25. The molecule has 13 heavy (non-hydrogen) atoms. The van der Waals surface area contributed by atoms with Gasteiger partial charge >= 0.3 is 0 Å². The van der Waals surface area contributed by atoms with E-state index >= 15 is 0 Å². The molecule has 0 aromatic heterocycles. The molecule has 0 saturated heterocycles. The fourth-order valence-corrected chi connectivity index (χ4v) is 2.99. The molecule has 2 aliphatic carbocycles. The summed E-state index contributed by atoms with van der Waals surface area (Å²) < 4.78 is 0. The van der Waals surface area contributed by atoms with Gasteiger partial charge in [-0.05, 0) is 30.4 Å². The van der Waals surface area contributed by atoms with Crippen LogP contribution in [0.5, 0.6) is 5.75 Å². The van der Waals surface area contributed by atoms with Crippen LogP contribution in [0, 0.1) is 0 Å². The molecule has 2 nitrogen and oxygen atoms in total. The average Bonchev–Trinajstić information content (AvgIpc) is 2.62. The minimum absolute atomic E-state index is 0.269. The summed E-state index contributed by atoms with van der Waals surface area (Å²) in [5, 5.41) is 9.72. The summed E-state index contributed by atoms with van der Waals surface area (Å²) in [6.45, 7) is 0. The molecule has 0 radical (unpaired) electrons. The van der Waals surface area contributed by atoms with Gasteiger partial charge in [-0.25, -0.2) is 0 Å². The van der Waals surface area contributed by atoms with E-state index in [4.69, 9.17) is 5.73 Å². The van der Waals surface area contributed by atoms with Crippen LogP contribution in [-0.4, -0.2) is 11.1 Å². The van der Waals surface area contributed by atoms with Gasteiger partial charge in [-0.3, -0.25) is 0 Å². The van der Waals surface area contributed by atoms with Crippen LogP contribution in [-0.2, 0) is 0 Å². The van der Waals surface area contributed by atoms with Crippen LogP contribution < -0.4 is 5.73 Å². The van der Waals surface area contributed by atoms with Crippen LogP contribution in [0.15, 0.2) is 18.2 Å². The van der Waals surface area contributed by atoms with Crippen LogP contribution in [0.4, 0.5) is 0 Å². The van der Waals surface area contributed by atoms with E-state index < -0.39 is 0 Å². The number of rotatable bonds is 0. The van der Waals surface area contributed by atoms with Crippen molar-refractivity contribution in [2.24, 2.45) is 5.73 Å². The first-order valence-electron chi connectivity index (χ1n) is 4.84. The average molecular weight is 175 g/mol. The summed E-state index contributed by atoms with van der Waals surface area (Å²) in [6.07, 6.45) is 2.25. The summed E-state index contributed by atoms with van der Waals surface area (Å²) in [7, 11) is 0. The van der Waals surface area contributed by atoms with E-state index in [9.17, 15) is 5.11 Å². The second-order valence-electron chi connectivity index (χ2n) is 4.22. The molecule has 0 amide bonds. The van der Waals surface area contributed by atoms with E-state index in [1.807, 2.05) is 6.07 Å². The maximum Gasteiger partial charge on any atom is 0.119 e. The van der Waals surface area contributed by atoms with Crippen molar-refractivity contribution >= 4 is 0 Å². The third-order valence-electron chi connectivity index (χ3n) is 3.54. The SMILES string of the molecule is N[C@@H]1CC2CC1c1c(O)cccc12. The van der Waals surface area contributed by atoms with Gasteiger partial charge < -0.3 is 10.8 Å². The number of hydrogen-bond acceptors (Lipinski definition) is 2. The van der Waals surface area contributed by atoms with Crippen molar-refractivity contribution in [1.29, 1.82) is 0 Å². The predicted molar refractivity (Wildman–Crippen MR) is 50.8 cm³/mol. The first-order chi connectivity index (χ1) is 6.27. The summed E-state index contributed by atoms with van der Waals surface area (Å²) in [4.78, 5) is 0. The maximum absolute atomic E-state index is 9.72. The largest absolute Gasteiger partial charge is 0.508 e. The van der Waals surface area contributed by atoms with Gasteiger partial charge in [0, 0.05) is 17.5 Å². The van der Waals surface area contributed by atoms with Crippen LogP contribution >= 0.6 is 0 Å². The van der Waals surface area contributed by atoms with E-state index in [0.717, 1.165) is 18.4 Å². The summed E-state index contributed by atoms with van der Waals surface area (Å²) >= 11 is 0. The van der Waals surface area contributed by atoms with Gasteiger partial charge in [0.1, 0.15) is 5.75 Å². The van der Waals surface area contributed by atoms with Gasteiger partial charge in [0.25, 0.3) is 0 Å². The topological polar surface area (TPSA) is 46.2 Å². The van der Waals surface area contributed by atoms with Gasteiger partial charge in [-0.1, -0.05) is 12.1 Å². The Kier molecular flexibility index (Phi) is 1.29. The van der Waals surface area contributed by atoms with E-state index in [1.54, 1.807) is 6.07 Å². The smallest absolute Gasteiger partial charge is 0.119 e. The molecule has 2 heteroatoms. The van der Waals surface area contributed by atoms with Crippen LogP contribution in [0.3, 0.4) is 0 Å². The molecule has 1 fully saturated rings. The van der Waals surface area contributed by atoms with Gasteiger partial charge in [0.15, 0.2) is 0 Å². The standard InChI is InChI=1S/C11H13NO/c12-9-5-6-4-8(9)11-7(6)2-1-3-10(11)13/h1-3,6,8-9,13H,4-5,12H2/t6?,8?,9-/m1/s1. The number of nitrogens with two attached hydrogens (primary N) is 1. The Labute approximate surface area is 77.4 Å². The fraction of sp³-hybridized carbons (Fsp3) is 0.455. The lowest BCUT2D eigenvalue weighted by Gasteiger charge is -2.21. The molecule has 0 aliphatic heterocycles. The highest BCUT2D eigenvalue weighted by molar-refractivity contribution is 5.50. The van der Waals surface area contributed by atoms with Crippen molar-refractivity contribution in [2.45, 2.75) is 30.7 Å². The van der Waals surface area contributed by atoms with Crippen LogP contribution in [0.25, 0.3) is 0 Å². The minimum Gasteiger partial charge on any atom is -0.508 e. The van der Waals surface area contributed by atoms with Crippen molar-refractivity contribution in [3.8, 4) is 5.75 Å². The molecular weight excluding hydrogens is 162 g/mol. The van der Waals surface area contributed by atoms with Crippen molar-refractivity contribution < 1.29 is 5.11 Å². The molecular formula is C11H13NO.